The van der Waals surface area contributed by atoms with Gasteiger partial charge in [0.1, 0.15) is 0 Å². The molecule has 14 heavy (non-hydrogen) atoms. The first-order valence-electron chi connectivity index (χ1n) is 4.68. The fraction of sp³-hybridized carbons (Fsp3) is 0.667. The zero-order valence-electron chi connectivity index (χ0n) is 8.28. The zero-order valence-corrected chi connectivity index (χ0v) is 8.28. The van der Waals surface area contributed by atoms with Crippen LogP contribution in [-0.4, -0.2) is 16.0 Å². The van der Waals surface area contributed by atoms with Gasteiger partial charge in [0.15, 0.2) is 5.82 Å². The molecule has 5 heteroatoms. The zero-order chi connectivity index (χ0) is 10.2. The van der Waals surface area contributed by atoms with Crippen LogP contribution in [0.2, 0.25) is 0 Å². The van der Waals surface area contributed by atoms with Crippen LogP contribution in [0.25, 0.3) is 0 Å². The van der Waals surface area contributed by atoms with E-state index in [1.54, 1.807) is 0 Å². The molecule has 0 radical (unpaired) electrons. The highest BCUT2D eigenvalue weighted by Crippen LogP contribution is 2.30. The van der Waals surface area contributed by atoms with Gasteiger partial charge in [-0.15, -0.1) is 0 Å². The molecule has 1 aromatic rings. The summed E-state index contributed by atoms with van der Waals surface area (Å²) in [4.78, 5) is 15.4. The Labute approximate surface area is 81.9 Å². The average molecular weight is 195 g/mol. The van der Waals surface area contributed by atoms with Gasteiger partial charge in [0.25, 0.3) is 0 Å². The maximum atomic E-state index is 11.5. The van der Waals surface area contributed by atoms with E-state index in [1.165, 1.54) is 6.39 Å². The van der Waals surface area contributed by atoms with Gasteiger partial charge < -0.3 is 9.84 Å². The van der Waals surface area contributed by atoms with Crippen molar-refractivity contribution < 1.29 is 9.32 Å². The lowest BCUT2D eigenvalue weighted by molar-refractivity contribution is -0.124. The summed E-state index contributed by atoms with van der Waals surface area (Å²) in [6.07, 6.45) is 3.25. The molecular weight excluding hydrogens is 182 g/mol. The standard InChI is InChI=1S/C9H13N3O2/c1-9(2,8-10-5-14-12-8)11-7(13)6-3-4-6/h5-6H,3-4H2,1-2H3,(H,11,13). The van der Waals surface area contributed by atoms with E-state index in [2.05, 4.69) is 20.0 Å². The molecule has 1 saturated carbocycles. The van der Waals surface area contributed by atoms with Crippen LogP contribution in [-0.2, 0) is 10.3 Å². The second-order valence-electron chi connectivity index (χ2n) is 4.14. The molecule has 2 rings (SSSR count). The van der Waals surface area contributed by atoms with Crippen molar-refractivity contribution in [2.24, 2.45) is 5.92 Å². The topological polar surface area (TPSA) is 68.0 Å². The maximum absolute atomic E-state index is 11.5. The summed E-state index contributed by atoms with van der Waals surface area (Å²) in [5.74, 6) is 0.785. The van der Waals surface area contributed by atoms with Gasteiger partial charge in [-0.3, -0.25) is 4.79 Å². The number of amides is 1. The van der Waals surface area contributed by atoms with E-state index in [0.717, 1.165) is 12.8 Å². The van der Waals surface area contributed by atoms with Gasteiger partial charge >= 0.3 is 0 Å². The molecule has 76 valence electrons. The van der Waals surface area contributed by atoms with Crippen molar-refractivity contribution in [3.63, 3.8) is 0 Å². The van der Waals surface area contributed by atoms with Gasteiger partial charge in [-0.1, -0.05) is 5.16 Å². The monoisotopic (exact) mass is 195 g/mol. The molecule has 0 unspecified atom stereocenters. The van der Waals surface area contributed by atoms with Crippen LogP contribution >= 0.6 is 0 Å². The highest BCUT2D eigenvalue weighted by Gasteiger charge is 2.35. The summed E-state index contributed by atoms with van der Waals surface area (Å²) in [6.45, 7) is 3.72. The summed E-state index contributed by atoms with van der Waals surface area (Å²) < 4.78 is 4.65. The van der Waals surface area contributed by atoms with Crippen molar-refractivity contribution in [1.29, 1.82) is 0 Å². The maximum Gasteiger partial charge on any atom is 0.223 e. The van der Waals surface area contributed by atoms with Crippen LogP contribution < -0.4 is 5.32 Å². The van der Waals surface area contributed by atoms with Crippen molar-refractivity contribution in [2.45, 2.75) is 32.2 Å². The third kappa shape index (κ3) is 1.76. The lowest BCUT2D eigenvalue weighted by Crippen LogP contribution is -2.42. The first kappa shape index (κ1) is 9.18. The van der Waals surface area contributed by atoms with Crippen molar-refractivity contribution in [3.05, 3.63) is 12.2 Å². The molecule has 1 fully saturated rings. The Kier molecular flexibility index (Phi) is 2.02. The number of carbonyl (C=O) groups is 1. The first-order chi connectivity index (χ1) is 6.59. The summed E-state index contributed by atoms with van der Waals surface area (Å²) in [5, 5.41) is 6.62. The smallest absolute Gasteiger partial charge is 0.223 e. The molecule has 1 N–H and O–H groups in total. The molecule has 0 bridgehead atoms. The molecule has 0 aliphatic heterocycles. The van der Waals surface area contributed by atoms with Gasteiger partial charge in [-0.2, -0.15) is 4.98 Å². The van der Waals surface area contributed by atoms with Gasteiger partial charge in [0.05, 0.1) is 5.54 Å². The van der Waals surface area contributed by atoms with Crippen molar-refractivity contribution in [1.82, 2.24) is 15.5 Å². The second-order valence-corrected chi connectivity index (χ2v) is 4.14. The first-order valence-corrected chi connectivity index (χ1v) is 4.68. The molecule has 0 aromatic carbocycles. The number of nitrogens with zero attached hydrogens (tertiary/aromatic N) is 2. The Morgan fingerprint density at radius 2 is 2.36 bits per heavy atom. The number of aromatic nitrogens is 2. The van der Waals surface area contributed by atoms with Crippen LogP contribution in [0, 0.1) is 5.92 Å². The van der Waals surface area contributed by atoms with E-state index in [1.807, 2.05) is 13.8 Å². The molecule has 0 spiro atoms. The second kappa shape index (κ2) is 3.08. The average Bonchev–Trinajstić information content (AvgIpc) is 2.80. The molecular formula is C9H13N3O2. The molecule has 1 amide bonds. The fourth-order valence-electron chi connectivity index (χ4n) is 1.26. The molecule has 1 aliphatic carbocycles. The van der Waals surface area contributed by atoms with Crippen LogP contribution in [0.15, 0.2) is 10.9 Å². The normalized spacial score (nSPS) is 16.7. The highest BCUT2D eigenvalue weighted by atomic mass is 16.5. The Hall–Kier alpha value is -1.39. The van der Waals surface area contributed by atoms with Gasteiger partial charge in [-0.05, 0) is 26.7 Å². The Morgan fingerprint density at radius 3 is 2.86 bits per heavy atom. The van der Waals surface area contributed by atoms with E-state index < -0.39 is 5.54 Å². The number of nitrogens with one attached hydrogen (secondary N) is 1. The molecule has 1 aliphatic rings. The molecule has 5 nitrogen and oxygen atoms in total. The highest BCUT2D eigenvalue weighted by molar-refractivity contribution is 5.81. The molecule has 0 atom stereocenters. The summed E-state index contributed by atoms with van der Waals surface area (Å²) in [6, 6.07) is 0. The van der Waals surface area contributed by atoms with E-state index in [9.17, 15) is 4.79 Å². The Bertz CT molecular complexity index is 328. The lowest BCUT2D eigenvalue weighted by atomic mass is 10.0. The molecule has 1 aromatic heterocycles. The Balaban J connectivity index is 2.04. The van der Waals surface area contributed by atoms with Gasteiger partial charge in [0, 0.05) is 5.92 Å². The van der Waals surface area contributed by atoms with Crippen molar-refractivity contribution in [3.8, 4) is 0 Å². The van der Waals surface area contributed by atoms with E-state index >= 15 is 0 Å². The number of hydrogen-bond donors (Lipinski definition) is 1. The van der Waals surface area contributed by atoms with Crippen molar-refractivity contribution >= 4 is 5.91 Å². The van der Waals surface area contributed by atoms with Gasteiger partial charge in [0.2, 0.25) is 12.3 Å². The third-order valence-corrected chi connectivity index (χ3v) is 2.30. The van der Waals surface area contributed by atoms with Gasteiger partial charge in [-0.25, -0.2) is 0 Å². The van der Waals surface area contributed by atoms with Crippen molar-refractivity contribution in [2.75, 3.05) is 0 Å². The number of hydrogen-bond acceptors (Lipinski definition) is 4. The SMILES string of the molecule is CC(C)(NC(=O)C1CC1)c1ncon1. The van der Waals surface area contributed by atoms with E-state index in [0.29, 0.717) is 5.82 Å². The quantitative estimate of drug-likeness (QED) is 0.775. The van der Waals surface area contributed by atoms with Crippen LogP contribution in [0.5, 0.6) is 0 Å². The summed E-state index contributed by atoms with van der Waals surface area (Å²) in [5.41, 5.74) is -0.549. The third-order valence-electron chi connectivity index (χ3n) is 2.30. The minimum atomic E-state index is -0.549. The van der Waals surface area contributed by atoms with Crippen LogP contribution in [0.3, 0.4) is 0 Å². The molecule has 1 heterocycles. The Morgan fingerprint density at radius 1 is 1.64 bits per heavy atom. The fourth-order valence-corrected chi connectivity index (χ4v) is 1.26. The number of carbonyl (C=O) groups excluding carboxylic acids is 1. The minimum absolute atomic E-state index is 0.0831. The molecule has 0 saturated heterocycles. The van der Waals surface area contributed by atoms with E-state index in [-0.39, 0.29) is 11.8 Å². The lowest BCUT2D eigenvalue weighted by Gasteiger charge is -2.22. The number of rotatable bonds is 3. The minimum Gasteiger partial charge on any atom is -0.344 e. The summed E-state index contributed by atoms with van der Waals surface area (Å²) >= 11 is 0. The predicted octanol–water partition coefficient (Wildman–Crippen LogP) is 0.831. The van der Waals surface area contributed by atoms with Crippen LogP contribution in [0.1, 0.15) is 32.5 Å². The summed E-state index contributed by atoms with van der Waals surface area (Å²) in [7, 11) is 0. The van der Waals surface area contributed by atoms with E-state index in [4.69, 9.17) is 0 Å². The largest absolute Gasteiger partial charge is 0.344 e. The predicted molar refractivity (Wildman–Crippen MR) is 48.2 cm³/mol. The van der Waals surface area contributed by atoms with Crippen LogP contribution in [0.4, 0.5) is 0 Å².